The first-order chi connectivity index (χ1) is 10.6. The normalized spacial score (nSPS) is 16.9. The first-order valence-electron chi connectivity index (χ1n) is 8.55. The van der Waals surface area contributed by atoms with Crippen molar-refractivity contribution < 1.29 is 9.53 Å². The van der Waals surface area contributed by atoms with Gasteiger partial charge in [-0.25, -0.2) is 0 Å². The summed E-state index contributed by atoms with van der Waals surface area (Å²) in [6.07, 6.45) is 4.93. The first-order valence-corrected chi connectivity index (χ1v) is 8.55. The van der Waals surface area contributed by atoms with E-state index in [1.807, 2.05) is 24.3 Å². The van der Waals surface area contributed by atoms with Gasteiger partial charge in [-0.1, -0.05) is 26.0 Å². The largest absolute Gasteiger partial charge is 0.490 e. The van der Waals surface area contributed by atoms with Gasteiger partial charge in [0.25, 0.3) is 0 Å². The molecule has 22 heavy (non-hydrogen) atoms. The second-order valence-corrected chi connectivity index (χ2v) is 6.75. The van der Waals surface area contributed by atoms with E-state index in [0.29, 0.717) is 5.56 Å². The van der Waals surface area contributed by atoms with E-state index in [-0.39, 0.29) is 11.9 Å². The van der Waals surface area contributed by atoms with Gasteiger partial charge in [-0.15, -0.1) is 0 Å². The summed E-state index contributed by atoms with van der Waals surface area (Å²) in [5.74, 6) is 1.61. The Balaban J connectivity index is 1.79. The molecule has 1 aromatic carbocycles. The van der Waals surface area contributed by atoms with Gasteiger partial charge in [-0.2, -0.15) is 0 Å². The zero-order valence-electron chi connectivity index (χ0n) is 14.2. The van der Waals surface area contributed by atoms with Gasteiger partial charge in [0.2, 0.25) is 0 Å². The highest BCUT2D eigenvalue weighted by molar-refractivity contribution is 5.96. The molecule has 0 unspecified atom stereocenters. The number of hydrogen-bond acceptors (Lipinski definition) is 3. The summed E-state index contributed by atoms with van der Waals surface area (Å²) in [4.78, 5) is 14.2. The van der Waals surface area contributed by atoms with Crippen LogP contribution in [0.4, 0.5) is 0 Å². The molecule has 0 amide bonds. The number of nitrogens with zero attached hydrogens (tertiary/aromatic N) is 1. The molecule has 1 saturated heterocycles. The van der Waals surface area contributed by atoms with Crippen LogP contribution in [-0.4, -0.2) is 36.4 Å². The van der Waals surface area contributed by atoms with E-state index < -0.39 is 0 Å². The SMILES string of the molecule is CC(=O)c1ccccc1OC1CCN(CCCC(C)C)CC1. The van der Waals surface area contributed by atoms with Crippen molar-refractivity contribution in [3.8, 4) is 5.75 Å². The third-order valence-corrected chi connectivity index (χ3v) is 4.35. The lowest BCUT2D eigenvalue weighted by Gasteiger charge is -2.32. The highest BCUT2D eigenvalue weighted by atomic mass is 16.5. The van der Waals surface area contributed by atoms with Gasteiger partial charge in [0.1, 0.15) is 11.9 Å². The number of hydrogen-bond donors (Lipinski definition) is 0. The second-order valence-electron chi connectivity index (χ2n) is 6.75. The van der Waals surface area contributed by atoms with E-state index in [4.69, 9.17) is 4.74 Å². The molecule has 0 aromatic heterocycles. The van der Waals surface area contributed by atoms with Crippen molar-refractivity contribution in [3.05, 3.63) is 29.8 Å². The average molecular weight is 303 g/mol. The van der Waals surface area contributed by atoms with Crippen molar-refractivity contribution in [3.63, 3.8) is 0 Å². The lowest BCUT2D eigenvalue weighted by molar-refractivity contribution is 0.0935. The Bertz CT molecular complexity index is 476. The highest BCUT2D eigenvalue weighted by Gasteiger charge is 2.21. The molecule has 0 spiro atoms. The molecule has 0 radical (unpaired) electrons. The van der Waals surface area contributed by atoms with Crippen molar-refractivity contribution in [1.82, 2.24) is 4.90 Å². The van der Waals surface area contributed by atoms with Crippen molar-refractivity contribution in [1.29, 1.82) is 0 Å². The number of ketones is 1. The third-order valence-electron chi connectivity index (χ3n) is 4.35. The van der Waals surface area contributed by atoms with Crippen molar-refractivity contribution in [2.45, 2.75) is 52.6 Å². The molecule has 1 fully saturated rings. The number of likely N-dealkylation sites (tertiary alicyclic amines) is 1. The van der Waals surface area contributed by atoms with Gasteiger partial charge >= 0.3 is 0 Å². The van der Waals surface area contributed by atoms with Crippen molar-refractivity contribution >= 4 is 5.78 Å². The Kier molecular flexibility index (Phi) is 6.44. The quantitative estimate of drug-likeness (QED) is 0.708. The summed E-state index contributed by atoms with van der Waals surface area (Å²) < 4.78 is 6.09. The van der Waals surface area contributed by atoms with Gasteiger partial charge in [0.15, 0.2) is 5.78 Å². The van der Waals surface area contributed by atoms with Crippen LogP contribution in [0.1, 0.15) is 56.8 Å². The highest BCUT2D eigenvalue weighted by Crippen LogP contribution is 2.23. The Hall–Kier alpha value is -1.35. The van der Waals surface area contributed by atoms with Gasteiger partial charge in [-0.3, -0.25) is 4.79 Å². The van der Waals surface area contributed by atoms with Crippen LogP contribution in [0, 0.1) is 5.92 Å². The van der Waals surface area contributed by atoms with E-state index in [2.05, 4.69) is 18.7 Å². The minimum Gasteiger partial charge on any atom is -0.490 e. The number of carbonyl (C=O) groups excluding carboxylic acids is 1. The minimum atomic E-state index is 0.0710. The summed E-state index contributed by atoms with van der Waals surface area (Å²) in [7, 11) is 0. The monoisotopic (exact) mass is 303 g/mol. The predicted octanol–water partition coefficient (Wildman–Crippen LogP) is 4.17. The standard InChI is InChI=1S/C19H29NO2/c1-15(2)7-6-12-20-13-10-17(11-14-20)22-19-9-5-4-8-18(19)16(3)21/h4-5,8-9,15,17H,6-7,10-14H2,1-3H3. The summed E-state index contributed by atoms with van der Waals surface area (Å²) in [6.45, 7) is 9.57. The summed E-state index contributed by atoms with van der Waals surface area (Å²) in [5.41, 5.74) is 0.696. The summed E-state index contributed by atoms with van der Waals surface area (Å²) >= 11 is 0. The molecule has 1 aliphatic rings. The molecule has 122 valence electrons. The molecule has 1 aromatic rings. The third kappa shape index (κ3) is 5.13. The number of ether oxygens (including phenoxy) is 1. The molecule has 2 rings (SSSR count). The number of piperidine rings is 1. The molecular formula is C19H29NO2. The van der Waals surface area contributed by atoms with Gasteiger partial charge in [-0.05, 0) is 57.2 Å². The molecule has 0 atom stereocenters. The predicted molar refractivity (Wildman–Crippen MR) is 90.6 cm³/mol. The first kappa shape index (κ1) is 17.0. The Morgan fingerprint density at radius 1 is 1.27 bits per heavy atom. The fraction of sp³-hybridized carbons (Fsp3) is 0.632. The van der Waals surface area contributed by atoms with Gasteiger partial charge < -0.3 is 9.64 Å². The van der Waals surface area contributed by atoms with Crippen LogP contribution >= 0.6 is 0 Å². The Labute approximate surface area is 134 Å². The van der Waals surface area contributed by atoms with Crippen LogP contribution in [-0.2, 0) is 0 Å². The number of rotatable bonds is 7. The van der Waals surface area contributed by atoms with E-state index in [9.17, 15) is 4.79 Å². The molecule has 0 saturated carbocycles. The van der Waals surface area contributed by atoms with Gasteiger partial charge in [0.05, 0.1) is 5.56 Å². The van der Waals surface area contributed by atoms with Gasteiger partial charge in [0, 0.05) is 13.1 Å². The second kappa shape index (κ2) is 8.33. The molecule has 0 aliphatic carbocycles. The van der Waals surface area contributed by atoms with Crippen LogP contribution in [0.5, 0.6) is 5.75 Å². The van der Waals surface area contributed by atoms with E-state index in [1.165, 1.54) is 19.4 Å². The zero-order valence-corrected chi connectivity index (χ0v) is 14.2. The van der Waals surface area contributed by atoms with E-state index in [0.717, 1.165) is 37.6 Å². The van der Waals surface area contributed by atoms with Crippen molar-refractivity contribution in [2.75, 3.05) is 19.6 Å². The topological polar surface area (TPSA) is 29.5 Å². The average Bonchev–Trinajstić information content (AvgIpc) is 2.49. The summed E-state index contributed by atoms with van der Waals surface area (Å²) in [6, 6.07) is 7.58. The Morgan fingerprint density at radius 2 is 1.95 bits per heavy atom. The minimum absolute atomic E-state index is 0.0710. The van der Waals surface area contributed by atoms with E-state index in [1.54, 1.807) is 6.92 Å². The maximum atomic E-state index is 11.6. The molecule has 0 bridgehead atoms. The number of para-hydroxylation sites is 1. The lowest BCUT2D eigenvalue weighted by Crippen LogP contribution is -2.38. The van der Waals surface area contributed by atoms with Crippen LogP contribution in [0.25, 0.3) is 0 Å². The number of Topliss-reactive ketones (excluding diaryl/α,β-unsaturated/α-hetero) is 1. The van der Waals surface area contributed by atoms with Crippen LogP contribution < -0.4 is 4.74 Å². The number of benzene rings is 1. The maximum Gasteiger partial charge on any atom is 0.163 e. The fourth-order valence-corrected chi connectivity index (χ4v) is 3.01. The zero-order chi connectivity index (χ0) is 15.9. The summed E-state index contributed by atoms with van der Waals surface area (Å²) in [5, 5.41) is 0. The van der Waals surface area contributed by atoms with Crippen LogP contribution in [0.15, 0.2) is 24.3 Å². The maximum absolute atomic E-state index is 11.6. The number of carbonyl (C=O) groups is 1. The molecule has 0 N–H and O–H groups in total. The van der Waals surface area contributed by atoms with Crippen LogP contribution in [0.2, 0.25) is 0 Å². The lowest BCUT2D eigenvalue weighted by atomic mass is 10.0. The molecule has 1 aliphatic heterocycles. The Morgan fingerprint density at radius 3 is 2.59 bits per heavy atom. The molecule has 3 nitrogen and oxygen atoms in total. The molecule has 1 heterocycles. The van der Waals surface area contributed by atoms with E-state index >= 15 is 0 Å². The molecule has 3 heteroatoms. The fourth-order valence-electron chi connectivity index (χ4n) is 3.01. The molecular weight excluding hydrogens is 274 g/mol. The smallest absolute Gasteiger partial charge is 0.163 e. The van der Waals surface area contributed by atoms with Crippen LogP contribution in [0.3, 0.4) is 0 Å². The van der Waals surface area contributed by atoms with Crippen molar-refractivity contribution in [2.24, 2.45) is 5.92 Å².